The van der Waals surface area contributed by atoms with Crippen molar-refractivity contribution in [2.24, 2.45) is 0 Å². The van der Waals surface area contributed by atoms with Crippen LogP contribution in [0.4, 0.5) is 11.4 Å². The molecule has 0 amide bonds. The Kier molecular flexibility index (Phi) is 4.16. The van der Waals surface area contributed by atoms with Crippen LogP contribution in [0.2, 0.25) is 5.02 Å². The number of nitrogens with one attached hydrogen (secondary N) is 1. The number of nitrogens with two attached hydrogens (primary N) is 1. The average molecular weight is 325 g/mol. The van der Waals surface area contributed by atoms with Crippen molar-refractivity contribution in [3.63, 3.8) is 0 Å². The maximum Gasteiger partial charge on any atom is 0.262 e. The normalized spacial score (nSPS) is 11.4. The Morgan fingerprint density at radius 2 is 1.76 bits per heavy atom. The van der Waals surface area contributed by atoms with E-state index in [1.165, 1.54) is 0 Å². The maximum absolute atomic E-state index is 12.6. The quantitative estimate of drug-likeness (QED) is 0.846. The van der Waals surface area contributed by atoms with Gasteiger partial charge in [0.2, 0.25) is 0 Å². The molecule has 0 atom stereocenters. The van der Waals surface area contributed by atoms with Gasteiger partial charge in [-0.05, 0) is 67.8 Å². The largest absolute Gasteiger partial charge is 0.398 e. The molecular formula is C15H17ClN2O2S. The van der Waals surface area contributed by atoms with Gasteiger partial charge in [-0.25, -0.2) is 8.42 Å². The highest BCUT2D eigenvalue weighted by atomic mass is 35.5. The molecular weight excluding hydrogens is 308 g/mol. The van der Waals surface area contributed by atoms with Gasteiger partial charge < -0.3 is 5.73 Å². The number of aryl methyl sites for hydroxylation is 2. The third kappa shape index (κ3) is 3.31. The highest BCUT2D eigenvalue weighted by Crippen LogP contribution is 2.27. The summed E-state index contributed by atoms with van der Waals surface area (Å²) in [6.07, 6.45) is 0. The molecule has 0 heterocycles. The summed E-state index contributed by atoms with van der Waals surface area (Å²) < 4.78 is 27.7. The first kappa shape index (κ1) is 15.7. The minimum absolute atomic E-state index is 0.189. The van der Waals surface area contributed by atoms with E-state index in [0.717, 1.165) is 11.1 Å². The number of nitrogen functional groups attached to an aromatic ring is 1. The lowest BCUT2D eigenvalue weighted by atomic mass is 10.1. The van der Waals surface area contributed by atoms with E-state index in [4.69, 9.17) is 17.3 Å². The Hall–Kier alpha value is -1.72. The summed E-state index contributed by atoms with van der Waals surface area (Å²) >= 11 is 5.88. The standard InChI is InChI=1S/C15H17ClN2O2S/c1-9-6-13(17)11(3)15(7-9)21(19,20)18-14-5-4-12(16)8-10(14)2/h4-8,18H,17H2,1-3H3. The molecule has 0 spiro atoms. The summed E-state index contributed by atoms with van der Waals surface area (Å²) in [6, 6.07) is 8.35. The van der Waals surface area contributed by atoms with Crippen LogP contribution in [-0.2, 0) is 10.0 Å². The Labute approximate surface area is 130 Å². The number of sulfonamides is 1. The van der Waals surface area contributed by atoms with Gasteiger partial charge in [0.25, 0.3) is 10.0 Å². The monoisotopic (exact) mass is 324 g/mol. The molecule has 6 heteroatoms. The van der Waals surface area contributed by atoms with Gasteiger partial charge in [-0.15, -0.1) is 0 Å². The lowest BCUT2D eigenvalue weighted by molar-refractivity contribution is 0.600. The summed E-state index contributed by atoms with van der Waals surface area (Å²) in [5.41, 5.74) is 8.90. The van der Waals surface area contributed by atoms with E-state index in [2.05, 4.69) is 4.72 Å². The molecule has 0 fully saturated rings. The Bertz CT molecular complexity index is 802. The highest BCUT2D eigenvalue weighted by molar-refractivity contribution is 7.92. The second-order valence-corrected chi connectivity index (χ2v) is 7.13. The summed E-state index contributed by atoms with van der Waals surface area (Å²) in [7, 11) is -3.70. The molecule has 0 aliphatic carbocycles. The molecule has 0 saturated carbocycles. The van der Waals surface area contributed by atoms with Crippen molar-refractivity contribution in [1.82, 2.24) is 0 Å². The molecule has 21 heavy (non-hydrogen) atoms. The van der Waals surface area contributed by atoms with Crippen molar-refractivity contribution in [1.29, 1.82) is 0 Å². The summed E-state index contributed by atoms with van der Waals surface area (Å²) in [5.74, 6) is 0. The summed E-state index contributed by atoms with van der Waals surface area (Å²) in [4.78, 5) is 0.189. The number of hydrogen-bond acceptors (Lipinski definition) is 3. The van der Waals surface area contributed by atoms with E-state index in [0.29, 0.717) is 22.0 Å². The molecule has 2 rings (SSSR count). The minimum atomic E-state index is -3.70. The van der Waals surface area contributed by atoms with Crippen LogP contribution in [0.25, 0.3) is 0 Å². The fraction of sp³-hybridized carbons (Fsp3) is 0.200. The Morgan fingerprint density at radius 3 is 2.38 bits per heavy atom. The number of hydrogen-bond donors (Lipinski definition) is 2. The van der Waals surface area contributed by atoms with Crippen molar-refractivity contribution < 1.29 is 8.42 Å². The second kappa shape index (κ2) is 5.58. The third-order valence-corrected chi connectivity index (χ3v) is 4.99. The zero-order chi connectivity index (χ0) is 15.8. The van der Waals surface area contributed by atoms with Gasteiger partial charge in [0, 0.05) is 10.7 Å². The fourth-order valence-electron chi connectivity index (χ4n) is 2.07. The topological polar surface area (TPSA) is 72.2 Å². The molecule has 0 radical (unpaired) electrons. The third-order valence-electron chi connectivity index (χ3n) is 3.27. The van der Waals surface area contributed by atoms with Crippen LogP contribution in [0.1, 0.15) is 16.7 Å². The van der Waals surface area contributed by atoms with Crippen LogP contribution in [0.15, 0.2) is 35.2 Å². The van der Waals surface area contributed by atoms with Crippen LogP contribution in [-0.4, -0.2) is 8.42 Å². The molecule has 0 aliphatic rings. The number of benzene rings is 2. The van der Waals surface area contributed by atoms with E-state index in [1.807, 2.05) is 6.92 Å². The first-order valence-electron chi connectivity index (χ1n) is 6.36. The van der Waals surface area contributed by atoms with E-state index in [-0.39, 0.29) is 4.90 Å². The van der Waals surface area contributed by atoms with Crippen molar-refractivity contribution in [3.05, 3.63) is 52.0 Å². The second-order valence-electron chi connectivity index (χ2n) is 5.04. The number of anilines is 2. The lowest BCUT2D eigenvalue weighted by Gasteiger charge is -2.14. The molecule has 0 bridgehead atoms. The van der Waals surface area contributed by atoms with Crippen LogP contribution in [0, 0.1) is 20.8 Å². The van der Waals surface area contributed by atoms with E-state index in [1.54, 1.807) is 44.2 Å². The van der Waals surface area contributed by atoms with Crippen LogP contribution in [0.3, 0.4) is 0 Å². The fourth-order valence-corrected chi connectivity index (χ4v) is 3.79. The van der Waals surface area contributed by atoms with E-state index >= 15 is 0 Å². The van der Waals surface area contributed by atoms with Crippen molar-refractivity contribution in [3.8, 4) is 0 Å². The van der Waals surface area contributed by atoms with Gasteiger partial charge in [-0.3, -0.25) is 4.72 Å². The Morgan fingerprint density at radius 1 is 1.10 bits per heavy atom. The van der Waals surface area contributed by atoms with Crippen LogP contribution in [0.5, 0.6) is 0 Å². The SMILES string of the molecule is Cc1cc(N)c(C)c(S(=O)(=O)Nc2ccc(Cl)cc2C)c1. The first-order valence-corrected chi connectivity index (χ1v) is 8.22. The molecule has 0 aromatic heterocycles. The highest BCUT2D eigenvalue weighted by Gasteiger charge is 2.19. The molecule has 0 unspecified atom stereocenters. The molecule has 3 N–H and O–H groups in total. The van der Waals surface area contributed by atoms with Gasteiger partial charge >= 0.3 is 0 Å². The van der Waals surface area contributed by atoms with E-state index < -0.39 is 10.0 Å². The van der Waals surface area contributed by atoms with Gasteiger partial charge in [-0.2, -0.15) is 0 Å². The molecule has 0 aliphatic heterocycles. The first-order chi connectivity index (χ1) is 9.70. The summed E-state index contributed by atoms with van der Waals surface area (Å²) in [5, 5.41) is 0.562. The predicted molar refractivity (Wildman–Crippen MR) is 87.3 cm³/mol. The van der Waals surface area contributed by atoms with Crippen molar-refractivity contribution in [2.45, 2.75) is 25.7 Å². The van der Waals surface area contributed by atoms with Gasteiger partial charge in [-0.1, -0.05) is 11.6 Å². The molecule has 112 valence electrons. The van der Waals surface area contributed by atoms with E-state index in [9.17, 15) is 8.42 Å². The van der Waals surface area contributed by atoms with Crippen molar-refractivity contribution in [2.75, 3.05) is 10.5 Å². The zero-order valence-corrected chi connectivity index (χ0v) is 13.6. The molecule has 2 aromatic carbocycles. The van der Waals surface area contributed by atoms with Crippen LogP contribution < -0.4 is 10.5 Å². The maximum atomic E-state index is 12.6. The lowest BCUT2D eigenvalue weighted by Crippen LogP contribution is -2.16. The van der Waals surface area contributed by atoms with Crippen molar-refractivity contribution >= 4 is 33.0 Å². The Balaban J connectivity index is 2.48. The van der Waals surface area contributed by atoms with Gasteiger partial charge in [0.05, 0.1) is 10.6 Å². The summed E-state index contributed by atoms with van der Waals surface area (Å²) in [6.45, 7) is 5.29. The van der Waals surface area contributed by atoms with Crippen LogP contribution >= 0.6 is 11.6 Å². The zero-order valence-electron chi connectivity index (χ0n) is 12.1. The predicted octanol–water partition coefficient (Wildman–Crippen LogP) is 3.65. The van der Waals surface area contributed by atoms with Gasteiger partial charge in [0.15, 0.2) is 0 Å². The molecule has 4 nitrogen and oxygen atoms in total. The van der Waals surface area contributed by atoms with Gasteiger partial charge in [0.1, 0.15) is 0 Å². The average Bonchev–Trinajstić information content (AvgIpc) is 2.37. The molecule has 0 saturated heterocycles. The number of halogens is 1. The minimum Gasteiger partial charge on any atom is -0.398 e. The smallest absolute Gasteiger partial charge is 0.262 e. The molecule has 2 aromatic rings. The number of rotatable bonds is 3.